The molecule has 6 nitrogen and oxygen atoms in total. The predicted octanol–water partition coefficient (Wildman–Crippen LogP) is 1.24. The van der Waals surface area contributed by atoms with Gasteiger partial charge in [0.15, 0.2) is 0 Å². The molecular weight excluding hydrogens is 208 g/mol. The third-order valence-electron chi connectivity index (χ3n) is 2.74. The summed E-state index contributed by atoms with van der Waals surface area (Å²) in [6.07, 6.45) is 1.90. The van der Waals surface area contributed by atoms with E-state index in [1.165, 1.54) is 6.33 Å². The van der Waals surface area contributed by atoms with Gasteiger partial charge in [-0.1, -0.05) is 20.8 Å². The molecule has 0 amide bonds. The second-order valence-electron chi connectivity index (χ2n) is 5.06. The highest BCUT2D eigenvalue weighted by Gasteiger charge is 2.27. The van der Waals surface area contributed by atoms with E-state index in [1.54, 1.807) is 11.6 Å². The van der Waals surface area contributed by atoms with Crippen LogP contribution in [0.4, 0.5) is 5.82 Å². The van der Waals surface area contributed by atoms with Gasteiger partial charge in [-0.2, -0.15) is 0 Å². The van der Waals surface area contributed by atoms with E-state index in [1.807, 2.05) is 20.8 Å². The van der Waals surface area contributed by atoms with Gasteiger partial charge in [-0.15, -0.1) is 0 Å². The Morgan fingerprint density at radius 3 is 2.62 bits per heavy atom. The van der Waals surface area contributed by atoms with Crippen molar-refractivity contribution in [2.24, 2.45) is 18.2 Å². The third-order valence-corrected chi connectivity index (χ3v) is 2.74. The van der Waals surface area contributed by atoms with Gasteiger partial charge >= 0.3 is 5.82 Å². The zero-order valence-electron chi connectivity index (χ0n) is 10.1. The molecule has 0 aliphatic rings. The number of aryl methyl sites for hydroxylation is 1. The molecule has 90 valence electrons. The van der Waals surface area contributed by atoms with Crippen LogP contribution in [0.15, 0.2) is 6.33 Å². The van der Waals surface area contributed by atoms with Crippen molar-refractivity contribution in [2.75, 3.05) is 0 Å². The van der Waals surface area contributed by atoms with E-state index in [-0.39, 0.29) is 17.3 Å². The number of aromatic nitrogens is 2. The van der Waals surface area contributed by atoms with Crippen LogP contribution in [0.2, 0.25) is 0 Å². The van der Waals surface area contributed by atoms with Crippen molar-refractivity contribution in [3.05, 3.63) is 22.1 Å². The monoisotopic (exact) mass is 226 g/mol. The van der Waals surface area contributed by atoms with Gasteiger partial charge in [0.1, 0.15) is 5.69 Å². The van der Waals surface area contributed by atoms with Crippen LogP contribution < -0.4 is 5.73 Å². The highest BCUT2D eigenvalue weighted by molar-refractivity contribution is 5.28. The first-order chi connectivity index (χ1) is 7.23. The Morgan fingerprint density at radius 2 is 2.19 bits per heavy atom. The van der Waals surface area contributed by atoms with Crippen molar-refractivity contribution in [1.29, 1.82) is 0 Å². The van der Waals surface area contributed by atoms with Crippen molar-refractivity contribution >= 4 is 5.82 Å². The largest absolute Gasteiger partial charge is 0.384 e. The van der Waals surface area contributed by atoms with E-state index in [0.29, 0.717) is 12.1 Å². The molecule has 0 spiro atoms. The van der Waals surface area contributed by atoms with E-state index < -0.39 is 4.92 Å². The zero-order chi connectivity index (χ0) is 12.5. The van der Waals surface area contributed by atoms with Crippen LogP contribution in [0.1, 0.15) is 26.5 Å². The Balaban J connectivity index is 2.97. The standard InChI is InChI=1S/C10H18N4O2/c1-10(2,3)8(11)5-7-9(14(15)16)12-6-13(7)4/h6,8H,5,11H2,1-4H3. The van der Waals surface area contributed by atoms with Crippen molar-refractivity contribution in [3.8, 4) is 0 Å². The molecule has 1 aromatic heterocycles. The van der Waals surface area contributed by atoms with Crippen molar-refractivity contribution in [2.45, 2.75) is 33.2 Å². The highest BCUT2D eigenvalue weighted by atomic mass is 16.6. The van der Waals surface area contributed by atoms with Crippen LogP contribution in [0.5, 0.6) is 0 Å². The summed E-state index contributed by atoms with van der Waals surface area (Å²) in [6, 6.07) is -0.137. The summed E-state index contributed by atoms with van der Waals surface area (Å²) in [4.78, 5) is 14.0. The Bertz CT molecular complexity index is 392. The highest BCUT2D eigenvalue weighted by Crippen LogP contribution is 2.24. The predicted molar refractivity (Wildman–Crippen MR) is 61.0 cm³/mol. The lowest BCUT2D eigenvalue weighted by Crippen LogP contribution is -2.37. The molecule has 0 fully saturated rings. The van der Waals surface area contributed by atoms with Crippen LogP contribution in [-0.2, 0) is 13.5 Å². The minimum absolute atomic E-state index is 0.0852. The van der Waals surface area contributed by atoms with Crippen molar-refractivity contribution in [1.82, 2.24) is 9.55 Å². The number of rotatable bonds is 3. The summed E-state index contributed by atoms with van der Waals surface area (Å²) in [5.74, 6) is -0.0952. The van der Waals surface area contributed by atoms with Gasteiger partial charge in [0.05, 0.1) is 0 Å². The molecule has 1 rings (SSSR count). The van der Waals surface area contributed by atoms with Crippen molar-refractivity contribution < 1.29 is 4.92 Å². The molecule has 0 radical (unpaired) electrons. The maximum atomic E-state index is 10.8. The quantitative estimate of drug-likeness (QED) is 0.620. The summed E-state index contributed by atoms with van der Waals surface area (Å²) in [5, 5.41) is 10.8. The molecule has 2 N–H and O–H groups in total. The van der Waals surface area contributed by atoms with E-state index >= 15 is 0 Å². The summed E-state index contributed by atoms with van der Waals surface area (Å²) in [6.45, 7) is 6.04. The maximum Gasteiger partial charge on any atom is 0.384 e. The van der Waals surface area contributed by atoms with Gasteiger partial charge in [-0.05, 0) is 15.3 Å². The van der Waals surface area contributed by atoms with E-state index in [2.05, 4.69) is 4.98 Å². The number of nitrogens with zero attached hydrogens (tertiary/aromatic N) is 3. The van der Waals surface area contributed by atoms with Gasteiger partial charge in [-0.25, -0.2) is 0 Å². The van der Waals surface area contributed by atoms with E-state index in [0.717, 1.165) is 0 Å². The lowest BCUT2D eigenvalue weighted by Gasteiger charge is -2.26. The Hall–Kier alpha value is -1.43. The first-order valence-electron chi connectivity index (χ1n) is 5.13. The fourth-order valence-electron chi connectivity index (χ4n) is 1.35. The molecule has 1 heterocycles. The summed E-state index contributed by atoms with van der Waals surface area (Å²) in [5.41, 5.74) is 6.51. The SMILES string of the molecule is Cn1cnc([N+](=O)[O-])c1CC(N)C(C)(C)C. The second kappa shape index (κ2) is 4.21. The third kappa shape index (κ3) is 2.57. The first kappa shape index (κ1) is 12.6. The molecular formula is C10H18N4O2. The van der Waals surface area contributed by atoms with E-state index in [9.17, 15) is 10.1 Å². The first-order valence-corrected chi connectivity index (χ1v) is 5.13. The van der Waals surface area contributed by atoms with E-state index in [4.69, 9.17) is 5.73 Å². The van der Waals surface area contributed by atoms with Crippen LogP contribution >= 0.6 is 0 Å². The summed E-state index contributed by atoms with van der Waals surface area (Å²) < 4.78 is 1.66. The van der Waals surface area contributed by atoms with Crippen LogP contribution in [0.3, 0.4) is 0 Å². The molecule has 0 aliphatic carbocycles. The maximum absolute atomic E-state index is 10.8. The lowest BCUT2D eigenvalue weighted by molar-refractivity contribution is -0.390. The minimum Gasteiger partial charge on any atom is -0.358 e. The van der Waals surface area contributed by atoms with Crippen LogP contribution in [-0.4, -0.2) is 20.5 Å². The van der Waals surface area contributed by atoms with Gasteiger partial charge in [0.2, 0.25) is 6.33 Å². The molecule has 0 aromatic carbocycles. The molecule has 16 heavy (non-hydrogen) atoms. The number of nitro groups is 1. The van der Waals surface area contributed by atoms with Gasteiger partial charge < -0.3 is 20.4 Å². The summed E-state index contributed by atoms with van der Waals surface area (Å²) in [7, 11) is 1.74. The van der Waals surface area contributed by atoms with Crippen LogP contribution in [0.25, 0.3) is 0 Å². The van der Waals surface area contributed by atoms with Gasteiger partial charge in [0.25, 0.3) is 0 Å². The Labute approximate surface area is 94.6 Å². The van der Waals surface area contributed by atoms with Gasteiger partial charge in [-0.3, -0.25) is 0 Å². The molecule has 1 atom stereocenters. The minimum atomic E-state index is -0.468. The molecule has 1 unspecified atom stereocenters. The fraction of sp³-hybridized carbons (Fsp3) is 0.700. The lowest BCUT2D eigenvalue weighted by atomic mass is 9.85. The molecule has 6 heteroatoms. The topological polar surface area (TPSA) is 87.0 Å². The van der Waals surface area contributed by atoms with Gasteiger partial charge in [0, 0.05) is 19.5 Å². The number of nitrogens with two attached hydrogens (primary N) is 1. The molecule has 0 saturated heterocycles. The zero-order valence-corrected chi connectivity index (χ0v) is 10.1. The second-order valence-corrected chi connectivity index (χ2v) is 5.06. The number of hydrogen-bond acceptors (Lipinski definition) is 4. The molecule has 0 bridgehead atoms. The average Bonchev–Trinajstić information content (AvgIpc) is 2.46. The average molecular weight is 226 g/mol. The van der Waals surface area contributed by atoms with Crippen molar-refractivity contribution in [3.63, 3.8) is 0 Å². The number of hydrogen-bond donors (Lipinski definition) is 1. The van der Waals surface area contributed by atoms with Crippen LogP contribution in [0, 0.1) is 15.5 Å². The summed E-state index contributed by atoms with van der Waals surface area (Å²) >= 11 is 0. The normalized spacial score (nSPS) is 13.8. The Kier molecular flexibility index (Phi) is 3.32. The number of imidazole rings is 1. The fourth-order valence-corrected chi connectivity index (χ4v) is 1.35. The molecule has 0 aliphatic heterocycles. The smallest absolute Gasteiger partial charge is 0.358 e. The Morgan fingerprint density at radius 1 is 1.62 bits per heavy atom. The molecule has 1 aromatic rings. The molecule has 0 saturated carbocycles.